The summed E-state index contributed by atoms with van der Waals surface area (Å²) in [6.07, 6.45) is -0.207. The van der Waals surface area contributed by atoms with Crippen molar-refractivity contribution < 1.29 is 27.5 Å². The lowest BCUT2D eigenvalue weighted by atomic mass is 10.1. The molecule has 0 saturated carbocycles. The van der Waals surface area contributed by atoms with Crippen molar-refractivity contribution in [2.75, 3.05) is 24.3 Å². The summed E-state index contributed by atoms with van der Waals surface area (Å²) < 4.78 is 35.8. The fraction of sp³-hybridized carbons (Fsp3) is 0.263. The van der Waals surface area contributed by atoms with Crippen molar-refractivity contribution in [1.29, 1.82) is 0 Å². The third kappa shape index (κ3) is 4.65. The van der Waals surface area contributed by atoms with Crippen molar-refractivity contribution >= 4 is 27.2 Å². The Morgan fingerprint density at radius 1 is 1.04 bits per heavy atom. The van der Waals surface area contributed by atoms with E-state index in [2.05, 4.69) is 5.32 Å². The fourth-order valence-corrected chi connectivity index (χ4v) is 3.85. The number of hydrogen-bond acceptors (Lipinski definition) is 6. The minimum atomic E-state index is -3.65. The van der Waals surface area contributed by atoms with E-state index in [4.69, 9.17) is 9.47 Å². The second-order valence-electron chi connectivity index (χ2n) is 6.06. The first-order valence-corrected chi connectivity index (χ1v) is 10.0. The average Bonchev–Trinajstić information content (AvgIpc) is 2.66. The average molecular weight is 389 g/mol. The molecule has 3 rings (SSSR count). The number of anilines is 1. The molecule has 0 radical (unpaired) electrons. The van der Waals surface area contributed by atoms with Gasteiger partial charge in [0.15, 0.2) is 27.1 Å². The highest BCUT2D eigenvalue weighted by molar-refractivity contribution is 7.91. The van der Waals surface area contributed by atoms with Crippen LogP contribution in [0.3, 0.4) is 0 Å². The number of ether oxygens (including phenoxy) is 2. The maximum atomic E-state index is 12.5. The lowest BCUT2D eigenvalue weighted by Gasteiger charge is -2.18. The first-order valence-electron chi connectivity index (χ1n) is 8.38. The smallest absolute Gasteiger partial charge is 0.225 e. The van der Waals surface area contributed by atoms with Crippen LogP contribution in [0, 0.1) is 0 Å². The van der Waals surface area contributed by atoms with Crippen LogP contribution in [0.15, 0.2) is 47.4 Å². The molecule has 27 heavy (non-hydrogen) atoms. The van der Waals surface area contributed by atoms with E-state index in [1.165, 1.54) is 19.1 Å². The quantitative estimate of drug-likeness (QED) is 0.762. The van der Waals surface area contributed by atoms with Crippen molar-refractivity contribution in [2.24, 2.45) is 0 Å². The van der Waals surface area contributed by atoms with E-state index in [1.807, 2.05) is 0 Å². The molecule has 0 atom stereocenters. The van der Waals surface area contributed by atoms with Gasteiger partial charge in [-0.3, -0.25) is 9.59 Å². The van der Waals surface area contributed by atoms with Crippen LogP contribution in [0.2, 0.25) is 0 Å². The summed E-state index contributed by atoms with van der Waals surface area (Å²) in [6, 6.07) is 10.9. The van der Waals surface area contributed by atoms with Crippen LogP contribution in [0.1, 0.15) is 23.7 Å². The molecule has 0 unspecified atom stereocenters. The number of sulfone groups is 1. The Morgan fingerprint density at radius 2 is 1.78 bits per heavy atom. The molecule has 2 aromatic rings. The Hall–Kier alpha value is -2.87. The summed E-state index contributed by atoms with van der Waals surface area (Å²) in [6.45, 7) is 2.21. The van der Waals surface area contributed by atoms with Gasteiger partial charge in [0.05, 0.1) is 10.6 Å². The number of nitrogens with one attached hydrogen (secondary N) is 1. The molecule has 0 aliphatic carbocycles. The molecule has 1 heterocycles. The Morgan fingerprint density at radius 3 is 2.52 bits per heavy atom. The summed E-state index contributed by atoms with van der Waals surface area (Å²) in [5.41, 5.74) is 0.918. The minimum absolute atomic E-state index is 0.0816. The molecule has 1 aliphatic rings. The highest BCUT2D eigenvalue weighted by Gasteiger charge is 2.20. The standard InChI is InChI=1S/C19H19NO6S/c1-13(21)14-3-2-4-15(11-14)20-19(22)7-10-27(23,24)16-5-6-17-18(12-16)26-9-8-25-17/h2-6,11-12H,7-10H2,1H3,(H,20,22). The summed E-state index contributed by atoms with van der Waals surface area (Å²) in [5, 5.41) is 2.61. The van der Waals surface area contributed by atoms with Crippen LogP contribution >= 0.6 is 0 Å². The topological polar surface area (TPSA) is 98.8 Å². The lowest BCUT2D eigenvalue weighted by molar-refractivity contribution is -0.115. The van der Waals surface area contributed by atoms with Crippen molar-refractivity contribution in [2.45, 2.75) is 18.2 Å². The second kappa shape index (κ2) is 7.79. The molecule has 0 spiro atoms. The predicted molar refractivity (Wildman–Crippen MR) is 99.2 cm³/mol. The number of ketones is 1. The van der Waals surface area contributed by atoms with Crippen LogP contribution < -0.4 is 14.8 Å². The molecule has 0 bridgehead atoms. The summed E-state index contributed by atoms with van der Waals surface area (Å²) in [7, 11) is -3.65. The zero-order chi connectivity index (χ0) is 19.4. The predicted octanol–water partition coefficient (Wildman–Crippen LogP) is 2.46. The highest BCUT2D eigenvalue weighted by atomic mass is 32.2. The number of amides is 1. The van der Waals surface area contributed by atoms with Gasteiger partial charge in [-0.25, -0.2) is 8.42 Å². The third-order valence-electron chi connectivity index (χ3n) is 4.02. The molecule has 1 N–H and O–H groups in total. The maximum Gasteiger partial charge on any atom is 0.225 e. The summed E-state index contributed by atoms with van der Waals surface area (Å²) in [5.74, 6) is -0.0227. The molecular formula is C19H19NO6S. The van der Waals surface area contributed by atoms with Gasteiger partial charge in [-0.2, -0.15) is 0 Å². The molecule has 0 fully saturated rings. The molecule has 1 aliphatic heterocycles. The van der Waals surface area contributed by atoms with Crippen molar-refractivity contribution in [3.8, 4) is 11.5 Å². The van der Waals surface area contributed by atoms with E-state index in [9.17, 15) is 18.0 Å². The number of Topliss-reactive ketones (excluding diaryl/α,β-unsaturated/α-hetero) is 1. The van der Waals surface area contributed by atoms with Gasteiger partial charge in [-0.15, -0.1) is 0 Å². The van der Waals surface area contributed by atoms with Gasteiger partial charge in [0.2, 0.25) is 5.91 Å². The third-order valence-corrected chi connectivity index (χ3v) is 5.74. The Balaban J connectivity index is 1.64. The highest BCUT2D eigenvalue weighted by Crippen LogP contribution is 2.32. The SMILES string of the molecule is CC(=O)c1cccc(NC(=O)CCS(=O)(=O)c2ccc3c(c2)OCCO3)c1. The van der Waals surface area contributed by atoms with Gasteiger partial charge in [0.1, 0.15) is 13.2 Å². The van der Waals surface area contributed by atoms with Gasteiger partial charge in [-0.05, 0) is 31.2 Å². The maximum absolute atomic E-state index is 12.5. The van der Waals surface area contributed by atoms with E-state index in [-0.39, 0.29) is 22.9 Å². The van der Waals surface area contributed by atoms with Crippen molar-refractivity contribution in [3.05, 3.63) is 48.0 Å². The molecule has 0 aromatic heterocycles. The van der Waals surface area contributed by atoms with Gasteiger partial charge in [0, 0.05) is 23.7 Å². The van der Waals surface area contributed by atoms with E-state index in [0.717, 1.165) is 0 Å². The number of fused-ring (bicyclic) bond motifs is 1. The van der Waals surface area contributed by atoms with Crippen LogP contribution in [-0.2, 0) is 14.6 Å². The molecule has 7 nitrogen and oxygen atoms in total. The largest absolute Gasteiger partial charge is 0.486 e. The fourth-order valence-electron chi connectivity index (χ4n) is 2.60. The first-order chi connectivity index (χ1) is 12.8. The number of benzene rings is 2. The molecule has 1 amide bonds. The van der Waals surface area contributed by atoms with Crippen LogP contribution in [-0.4, -0.2) is 39.1 Å². The van der Waals surface area contributed by atoms with Crippen LogP contribution in [0.5, 0.6) is 11.5 Å². The normalized spacial score (nSPS) is 13.1. The lowest BCUT2D eigenvalue weighted by Crippen LogP contribution is -2.18. The summed E-state index contributed by atoms with van der Waals surface area (Å²) in [4.78, 5) is 23.6. The van der Waals surface area contributed by atoms with Gasteiger partial charge < -0.3 is 14.8 Å². The minimum Gasteiger partial charge on any atom is -0.486 e. The molecule has 142 valence electrons. The van der Waals surface area contributed by atoms with Gasteiger partial charge in [-0.1, -0.05) is 12.1 Å². The van der Waals surface area contributed by atoms with Gasteiger partial charge >= 0.3 is 0 Å². The Bertz CT molecular complexity index is 983. The number of carbonyl (C=O) groups is 2. The van der Waals surface area contributed by atoms with E-state index >= 15 is 0 Å². The first kappa shape index (κ1) is 18.9. The number of rotatable bonds is 6. The van der Waals surface area contributed by atoms with E-state index < -0.39 is 15.7 Å². The molecule has 2 aromatic carbocycles. The summed E-state index contributed by atoms with van der Waals surface area (Å²) >= 11 is 0. The molecule has 8 heteroatoms. The Labute approximate surface area is 157 Å². The van der Waals surface area contributed by atoms with E-state index in [1.54, 1.807) is 30.3 Å². The number of carbonyl (C=O) groups excluding carboxylic acids is 2. The Kier molecular flexibility index (Phi) is 5.46. The van der Waals surface area contributed by atoms with Gasteiger partial charge in [0.25, 0.3) is 0 Å². The van der Waals surface area contributed by atoms with Crippen LogP contribution in [0.4, 0.5) is 5.69 Å². The molecular weight excluding hydrogens is 370 g/mol. The molecule has 0 saturated heterocycles. The van der Waals surface area contributed by atoms with E-state index in [0.29, 0.717) is 36.0 Å². The number of hydrogen-bond donors (Lipinski definition) is 1. The van der Waals surface area contributed by atoms with Crippen molar-refractivity contribution in [3.63, 3.8) is 0 Å². The zero-order valence-electron chi connectivity index (χ0n) is 14.7. The monoisotopic (exact) mass is 389 g/mol. The van der Waals surface area contributed by atoms with Crippen LogP contribution in [0.25, 0.3) is 0 Å². The second-order valence-corrected chi connectivity index (χ2v) is 8.17. The zero-order valence-corrected chi connectivity index (χ0v) is 15.5. The van der Waals surface area contributed by atoms with Crippen molar-refractivity contribution in [1.82, 2.24) is 0 Å².